The molecule has 0 aliphatic heterocycles. The van der Waals surface area contributed by atoms with E-state index in [1.165, 1.54) is 16.7 Å². The highest BCUT2D eigenvalue weighted by molar-refractivity contribution is 5.31. The Balaban J connectivity index is 2.75. The van der Waals surface area contributed by atoms with Crippen molar-refractivity contribution in [2.45, 2.75) is 26.8 Å². The molecule has 0 saturated carbocycles. The van der Waals surface area contributed by atoms with E-state index in [-0.39, 0.29) is 0 Å². The van der Waals surface area contributed by atoms with Crippen LogP contribution in [0.2, 0.25) is 0 Å². The van der Waals surface area contributed by atoms with Gasteiger partial charge in [0.2, 0.25) is 0 Å². The van der Waals surface area contributed by atoms with Crippen molar-refractivity contribution in [1.29, 1.82) is 0 Å². The topological polar surface area (TPSA) is 12.0 Å². The zero-order valence-electron chi connectivity index (χ0n) is 9.30. The smallest absolute Gasteiger partial charge is 0.0294 e. The summed E-state index contributed by atoms with van der Waals surface area (Å²) in [5, 5.41) is 3.38. The molecule has 1 N–H and O–H groups in total. The van der Waals surface area contributed by atoms with E-state index in [1.54, 1.807) is 0 Å². The fourth-order valence-electron chi connectivity index (χ4n) is 1.41. The van der Waals surface area contributed by atoms with Crippen LogP contribution in [0.4, 0.5) is 0 Å². The molecule has 0 spiro atoms. The summed E-state index contributed by atoms with van der Waals surface area (Å²) >= 11 is 0. The minimum absolute atomic E-state index is 0.396. The highest BCUT2D eigenvalue weighted by atomic mass is 14.9. The van der Waals surface area contributed by atoms with Crippen LogP contribution in [-0.2, 0) is 0 Å². The summed E-state index contributed by atoms with van der Waals surface area (Å²) in [5.41, 5.74) is 4.05. The monoisotopic (exact) mass is 189 g/mol. The first-order chi connectivity index (χ1) is 6.65. The zero-order valence-corrected chi connectivity index (χ0v) is 9.30. The molecule has 0 radical (unpaired) electrons. The lowest BCUT2D eigenvalue weighted by molar-refractivity contribution is 0.617. The van der Waals surface area contributed by atoms with Gasteiger partial charge in [0.25, 0.3) is 0 Å². The van der Waals surface area contributed by atoms with E-state index in [2.05, 4.69) is 50.9 Å². The number of hydrogen-bond acceptors (Lipinski definition) is 1. The first-order valence-electron chi connectivity index (χ1n) is 5.06. The predicted molar refractivity (Wildman–Crippen MR) is 62.5 cm³/mol. The molecule has 1 nitrogen and oxygen atoms in total. The van der Waals surface area contributed by atoms with Gasteiger partial charge in [0.1, 0.15) is 0 Å². The fourth-order valence-corrected chi connectivity index (χ4v) is 1.41. The third-order valence-corrected chi connectivity index (χ3v) is 2.60. The van der Waals surface area contributed by atoms with E-state index < -0.39 is 0 Å². The fraction of sp³-hybridized carbons (Fsp3) is 0.385. The Bertz CT molecular complexity index is 315. The molecule has 0 saturated heterocycles. The van der Waals surface area contributed by atoms with Crippen LogP contribution in [0.5, 0.6) is 0 Å². The average molecular weight is 189 g/mol. The molecule has 14 heavy (non-hydrogen) atoms. The number of hydrogen-bond donors (Lipinski definition) is 1. The van der Waals surface area contributed by atoms with Crippen molar-refractivity contribution in [3.05, 3.63) is 47.5 Å². The number of nitrogens with one attached hydrogen (secondary N) is 1. The van der Waals surface area contributed by atoms with Gasteiger partial charge >= 0.3 is 0 Å². The molecular formula is C13H19N. The summed E-state index contributed by atoms with van der Waals surface area (Å²) in [5.74, 6) is 0. The van der Waals surface area contributed by atoms with Crippen LogP contribution >= 0.6 is 0 Å². The van der Waals surface area contributed by atoms with Crippen LogP contribution in [0.3, 0.4) is 0 Å². The zero-order chi connectivity index (χ0) is 10.6. The average Bonchev–Trinajstić information content (AvgIpc) is 2.18. The van der Waals surface area contributed by atoms with Gasteiger partial charge < -0.3 is 5.32 Å². The van der Waals surface area contributed by atoms with Crippen LogP contribution in [0.15, 0.2) is 30.9 Å². The molecule has 1 heteroatoms. The maximum Gasteiger partial charge on any atom is 0.0294 e. The molecule has 1 atom stereocenters. The Morgan fingerprint density at radius 1 is 1.36 bits per heavy atom. The minimum atomic E-state index is 0.396. The lowest BCUT2D eigenvalue weighted by Gasteiger charge is -2.14. The minimum Gasteiger partial charge on any atom is -0.307 e. The van der Waals surface area contributed by atoms with Gasteiger partial charge in [0, 0.05) is 12.6 Å². The van der Waals surface area contributed by atoms with Gasteiger partial charge in [-0.2, -0.15) is 0 Å². The lowest BCUT2D eigenvalue weighted by atomic mass is 10.0. The molecule has 0 aromatic heterocycles. The molecule has 0 aliphatic carbocycles. The SMILES string of the molecule is C=CCN[C@@H](C)c1ccc(C)c(C)c1. The number of aryl methyl sites for hydroxylation is 2. The lowest BCUT2D eigenvalue weighted by Crippen LogP contribution is -2.18. The van der Waals surface area contributed by atoms with Crippen LogP contribution in [0.25, 0.3) is 0 Å². The molecule has 1 rings (SSSR count). The molecule has 1 aromatic rings. The summed E-state index contributed by atoms with van der Waals surface area (Å²) in [6.07, 6.45) is 1.89. The Morgan fingerprint density at radius 3 is 2.64 bits per heavy atom. The molecule has 76 valence electrons. The van der Waals surface area contributed by atoms with Crippen LogP contribution in [0.1, 0.15) is 29.7 Å². The predicted octanol–water partition coefficient (Wildman–Crippen LogP) is 3.14. The van der Waals surface area contributed by atoms with Gasteiger partial charge in [-0.25, -0.2) is 0 Å². The van der Waals surface area contributed by atoms with Crippen molar-refractivity contribution in [2.75, 3.05) is 6.54 Å². The summed E-state index contributed by atoms with van der Waals surface area (Å²) < 4.78 is 0. The van der Waals surface area contributed by atoms with Crippen LogP contribution in [0, 0.1) is 13.8 Å². The molecule has 0 amide bonds. The van der Waals surface area contributed by atoms with Crippen molar-refractivity contribution in [1.82, 2.24) is 5.32 Å². The van der Waals surface area contributed by atoms with Gasteiger partial charge in [0.15, 0.2) is 0 Å². The molecule has 0 heterocycles. The van der Waals surface area contributed by atoms with Crippen LogP contribution < -0.4 is 5.32 Å². The van der Waals surface area contributed by atoms with E-state index in [0.717, 1.165) is 6.54 Å². The van der Waals surface area contributed by atoms with E-state index in [9.17, 15) is 0 Å². The molecule has 0 bridgehead atoms. The Hall–Kier alpha value is -1.08. The molecule has 0 aliphatic rings. The van der Waals surface area contributed by atoms with Gasteiger partial charge in [0.05, 0.1) is 0 Å². The largest absolute Gasteiger partial charge is 0.307 e. The summed E-state index contributed by atoms with van der Waals surface area (Å²) in [6.45, 7) is 11.0. The van der Waals surface area contributed by atoms with E-state index >= 15 is 0 Å². The van der Waals surface area contributed by atoms with Gasteiger partial charge in [-0.1, -0.05) is 24.3 Å². The molecule has 0 unspecified atom stereocenters. The number of rotatable bonds is 4. The molecule has 0 fully saturated rings. The maximum atomic E-state index is 3.70. The standard InChI is InChI=1S/C13H19N/c1-5-8-14-12(4)13-7-6-10(2)11(3)9-13/h5-7,9,12,14H,1,8H2,2-4H3/t12-/m0/s1. The van der Waals surface area contributed by atoms with Crippen molar-refractivity contribution >= 4 is 0 Å². The van der Waals surface area contributed by atoms with Gasteiger partial charge in [-0.3, -0.25) is 0 Å². The highest BCUT2D eigenvalue weighted by Crippen LogP contribution is 2.16. The third-order valence-electron chi connectivity index (χ3n) is 2.60. The van der Waals surface area contributed by atoms with E-state index in [0.29, 0.717) is 6.04 Å². The Morgan fingerprint density at radius 2 is 2.07 bits per heavy atom. The highest BCUT2D eigenvalue weighted by Gasteiger charge is 2.03. The quantitative estimate of drug-likeness (QED) is 0.717. The molecule has 1 aromatic carbocycles. The molecular weight excluding hydrogens is 170 g/mol. The maximum absolute atomic E-state index is 3.70. The van der Waals surface area contributed by atoms with Gasteiger partial charge in [-0.15, -0.1) is 6.58 Å². The second-order valence-corrected chi connectivity index (χ2v) is 3.76. The third kappa shape index (κ3) is 2.71. The van der Waals surface area contributed by atoms with Crippen molar-refractivity contribution in [3.8, 4) is 0 Å². The van der Waals surface area contributed by atoms with Crippen LogP contribution in [-0.4, -0.2) is 6.54 Å². The van der Waals surface area contributed by atoms with Gasteiger partial charge in [-0.05, 0) is 37.5 Å². The first kappa shape index (κ1) is 11.0. The Labute approximate surface area is 86.8 Å². The second-order valence-electron chi connectivity index (χ2n) is 3.76. The van der Waals surface area contributed by atoms with Crippen molar-refractivity contribution in [2.24, 2.45) is 0 Å². The first-order valence-corrected chi connectivity index (χ1v) is 5.06. The van der Waals surface area contributed by atoms with Crippen molar-refractivity contribution in [3.63, 3.8) is 0 Å². The van der Waals surface area contributed by atoms with E-state index in [4.69, 9.17) is 0 Å². The van der Waals surface area contributed by atoms with Crippen molar-refractivity contribution < 1.29 is 0 Å². The summed E-state index contributed by atoms with van der Waals surface area (Å²) in [4.78, 5) is 0. The summed E-state index contributed by atoms with van der Waals surface area (Å²) in [7, 11) is 0. The van der Waals surface area contributed by atoms with E-state index in [1.807, 2.05) is 6.08 Å². The second kappa shape index (κ2) is 4.97. The number of benzene rings is 1. The normalized spacial score (nSPS) is 12.5. The summed E-state index contributed by atoms with van der Waals surface area (Å²) in [6, 6.07) is 7.00. The Kier molecular flexibility index (Phi) is 3.90.